The molecule has 2 rings (SSSR count). The quantitative estimate of drug-likeness (QED) is 0.651. The summed E-state index contributed by atoms with van der Waals surface area (Å²) in [5, 5.41) is 0.193. The van der Waals surface area contributed by atoms with E-state index in [1.807, 2.05) is 30.3 Å². The Bertz CT molecular complexity index is 679. The summed E-state index contributed by atoms with van der Waals surface area (Å²) in [5.74, 6) is 0.0633. The molecule has 0 heterocycles. The summed E-state index contributed by atoms with van der Waals surface area (Å²) in [4.78, 5) is 0.0615. The van der Waals surface area contributed by atoms with Crippen LogP contribution >= 0.6 is 11.6 Å². The second kappa shape index (κ2) is 6.96. The molecule has 0 spiro atoms. The van der Waals surface area contributed by atoms with E-state index in [4.69, 9.17) is 17.3 Å². The molecule has 0 bridgehead atoms. The van der Waals surface area contributed by atoms with Crippen LogP contribution in [0.5, 0.6) is 0 Å². The number of anilines is 1. The van der Waals surface area contributed by atoms with Crippen LogP contribution in [0.2, 0.25) is 5.02 Å². The molecule has 0 fully saturated rings. The van der Waals surface area contributed by atoms with Crippen molar-refractivity contribution in [2.75, 3.05) is 11.5 Å². The van der Waals surface area contributed by atoms with Crippen molar-refractivity contribution in [3.8, 4) is 0 Å². The number of aryl methyl sites for hydroxylation is 1. The van der Waals surface area contributed by atoms with Gasteiger partial charge in [-0.05, 0) is 37.0 Å². The van der Waals surface area contributed by atoms with Crippen molar-refractivity contribution in [2.24, 2.45) is 0 Å². The lowest BCUT2D eigenvalue weighted by molar-refractivity contribution is 0.592. The van der Waals surface area contributed by atoms with Crippen LogP contribution in [0.15, 0.2) is 53.4 Å². The van der Waals surface area contributed by atoms with Crippen LogP contribution in [0.4, 0.5) is 5.69 Å². The fraction of sp³-hybridized carbons (Fsp3) is 0.250. The van der Waals surface area contributed by atoms with E-state index in [9.17, 15) is 8.42 Å². The second-order valence-electron chi connectivity index (χ2n) is 4.92. The molecule has 0 radical (unpaired) electrons. The van der Waals surface area contributed by atoms with Crippen molar-refractivity contribution in [3.63, 3.8) is 0 Å². The first kappa shape index (κ1) is 15.9. The van der Waals surface area contributed by atoms with Gasteiger partial charge in [0.15, 0.2) is 9.84 Å². The molecule has 0 unspecified atom stereocenters. The van der Waals surface area contributed by atoms with Crippen molar-refractivity contribution >= 4 is 27.1 Å². The van der Waals surface area contributed by atoms with Gasteiger partial charge in [0.05, 0.1) is 16.5 Å². The third kappa shape index (κ3) is 4.22. The van der Waals surface area contributed by atoms with Crippen LogP contribution in [0.3, 0.4) is 0 Å². The molecule has 0 saturated carbocycles. The van der Waals surface area contributed by atoms with Gasteiger partial charge < -0.3 is 5.73 Å². The van der Waals surface area contributed by atoms with Crippen molar-refractivity contribution < 1.29 is 8.42 Å². The largest absolute Gasteiger partial charge is 0.398 e. The zero-order chi connectivity index (χ0) is 15.3. The molecular formula is C16H18ClNO2S. The lowest BCUT2D eigenvalue weighted by atomic mass is 10.1. The van der Waals surface area contributed by atoms with Gasteiger partial charge in [0.1, 0.15) is 4.90 Å². The third-order valence-corrected chi connectivity index (χ3v) is 5.61. The van der Waals surface area contributed by atoms with E-state index in [0.717, 1.165) is 12.8 Å². The molecule has 0 aromatic heterocycles. The smallest absolute Gasteiger partial charge is 0.181 e. The molecule has 0 saturated heterocycles. The molecule has 21 heavy (non-hydrogen) atoms. The number of halogens is 1. The summed E-state index contributed by atoms with van der Waals surface area (Å²) in [6, 6.07) is 14.8. The van der Waals surface area contributed by atoms with E-state index in [1.165, 1.54) is 5.56 Å². The van der Waals surface area contributed by atoms with E-state index < -0.39 is 9.84 Å². The number of rotatable bonds is 6. The van der Waals surface area contributed by atoms with Crippen molar-refractivity contribution in [2.45, 2.75) is 24.2 Å². The highest BCUT2D eigenvalue weighted by Crippen LogP contribution is 2.28. The summed E-state index contributed by atoms with van der Waals surface area (Å²) < 4.78 is 24.6. The van der Waals surface area contributed by atoms with Crippen LogP contribution in [0, 0.1) is 0 Å². The van der Waals surface area contributed by atoms with E-state index in [0.29, 0.717) is 6.42 Å². The molecule has 2 aromatic rings. The van der Waals surface area contributed by atoms with Gasteiger partial charge in [-0.25, -0.2) is 8.42 Å². The molecule has 3 nitrogen and oxygen atoms in total. The van der Waals surface area contributed by atoms with E-state index in [-0.39, 0.29) is 21.4 Å². The Hall–Kier alpha value is -1.52. The molecule has 2 aromatic carbocycles. The SMILES string of the molecule is Nc1cccc(Cl)c1S(=O)(=O)CCCCc1ccccc1. The maximum Gasteiger partial charge on any atom is 0.181 e. The van der Waals surface area contributed by atoms with Gasteiger partial charge >= 0.3 is 0 Å². The number of nitrogens with two attached hydrogens (primary N) is 1. The monoisotopic (exact) mass is 323 g/mol. The first-order valence-electron chi connectivity index (χ1n) is 6.81. The van der Waals surface area contributed by atoms with Crippen LogP contribution in [-0.4, -0.2) is 14.2 Å². The fourth-order valence-corrected chi connectivity index (χ4v) is 4.34. The minimum atomic E-state index is -3.43. The maximum atomic E-state index is 12.3. The fourth-order valence-electron chi connectivity index (χ4n) is 2.22. The predicted molar refractivity (Wildman–Crippen MR) is 87.3 cm³/mol. The summed E-state index contributed by atoms with van der Waals surface area (Å²) >= 11 is 5.96. The van der Waals surface area contributed by atoms with Gasteiger partial charge in [-0.15, -0.1) is 0 Å². The minimum absolute atomic E-state index is 0.0615. The molecular weight excluding hydrogens is 306 g/mol. The van der Waals surface area contributed by atoms with Gasteiger partial charge in [0.25, 0.3) is 0 Å². The second-order valence-corrected chi connectivity index (χ2v) is 7.37. The molecule has 0 aliphatic rings. The Balaban J connectivity index is 1.96. The Morgan fingerprint density at radius 1 is 0.952 bits per heavy atom. The van der Waals surface area contributed by atoms with Crippen molar-refractivity contribution in [3.05, 3.63) is 59.1 Å². The predicted octanol–water partition coefficient (Wildman–Crippen LogP) is 3.72. The third-order valence-electron chi connectivity index (χ3n) is 3.28. The molecule has 0 aliphatic carbocycles. The van der Waals surface area contributed by atoms with Gasteiger partial charge in [-0.1, -0.05) is 48.0 Å². The number of benzene rings is 2. The number of unbranched alkanes of at least 4 members (excludes halogenated alkanes) is 1. The van der Waals surface area contributed by atoms with Crippen LogP contribution in [-0.2, 0) is 16.3 Å². The molecule has 0 amide bonds. The lowest BCUT2D eigenvalue weighted by Gasteiger charge is -2.09. The minimum Gasteiger partial charge on any atom is -0.398 e. The number of nitrogen functional groups attached to an aromatic ring is 1. The average Bonchev–Trinajstić information content (AvgIpc) is 2.44. The lowest BCUT2D eigenvalue weighted by Crippen LogP contribution is -2.10. The first-order valence-corrected chi connectivity index (χ1v) is 8.84. The molecule has 112 valence electrons. The Labute approximate surface area is 130 Å². The highest BCUT2D eigenvalue weighted by molar-refractivity contribution is 7.91. The Morgan fingerprint density at radius 3 is 2.33 bits per heavy atom. The van der Waals surface area contributed by atoms with Gasteiger partial charge in [0.2, 0.25) is 0 Å². The normalized spacial score (nSPS) is 11.5. The van der Waals surface area contributed by atoms with E-state index in [2.05, 4.69) is 0 Å². The summed E-state index contributed by atoms with van der Waals surface area (Å²) in [5.41, 5.74) is 7.17. The number of hydrogen-bond acceptors (Lipinski definition) is 3. The Kier molecular flexibility index (Phi) is 5.26. The summed E-state index contributed by atoms with van der Waals surface area (Å²) in [6.07, 6.45) is 2.27. The first-order chi connectivity index (χ1) is 10.0. The highest BCUT2D eigenvalue weighted by atomic mass is 35.5. The van der Waals surface area contributed by atoms with Crippen LogP contribution in [0.1, 0.15) is 18.4 Å². The molecule has 0 aliphatic heterocycles. The van der Waals surface area contributed by atoms with Gasteiger partial charge in [0, 0.05) is 0 Å². The summed E-state index contributed by atoms with van der Waals surface area (Å²) in [7, 11) is -3.43. The maximum absolute atomic E-state index is 12.3. The molecule has 5 heteroatoms. The number of hydrogen-bond donors (Lipinski definition) is 1. The standard InChI is InChI=1S/C16H18ClNO2S/c17-14-10-6-11-15(18)16(14)21(19,20)12-5-4-9-13-7-2-1-3-8-13/h1-3,6-8,10-11H,4-5,9,12,18H2. The molecule has 0 atom stereocenters. The van der Waals surface area contributed by atoms with Gasteiger partial charge in [-0.2, -0.15) is 0 Å². The number of sulfone groups is 1. The van der Waals surface area contributed by atoms with E-state index >= 15 is 0 Å². The van der Waals surface area contributed by atoms with Crippen LogP contribution in [0.25, 0.3) is 0 Å². The highest BCUT2D eigenvalue weighted by Gasteiger charge is 2.20. The molecule has 2 N–H and O–H groups in total. The Morgan fingerprint density at radius 2 is 1.67 bits per heavy atom. The van der Waals surface area contributed by atoms with Crippen molar-refractivity contribution in [1.29, 1.82) is 0 Å². The van der Waals surface area contributed by atoms with E-state index in [1.54, 1.807) is 18.2 Å². The average molecular weight is 324 g/mol. The zero-order valence-corrected chi connectivity index (χ0v) is 13.2. The zero-order valence-electron chi connectivity index (χ0n) is 11.6. The van der Waals surface area contributed by atoms with Crippen LogP contribution < -0.4 is 5.73 Å². The van der Waals surface area contributed by atoms with Crippen molar-refractivity contribution in [1.82, 2.24) is 0 Å². The topological polar surface area (TPSA) is 60.2 Å². The summed E-state index contributed by atoms with van der Waals surface area (Å²) in [6.45, 7) is 0. The van der Waals surface area contributed by atoms with Gasteiger partial charge in [-0.3, -0.25) is 0 Å².